The number of para-hydroxylation sites is 2. The Morgan fingerprint density at radius 3 is 1.58 bits per heavy atom. The molecule has 0 saturated carbocycles. The van der Waals surface area contributed by atoms with Crippen molar-refractivity contribution < 1.29 is 0 Å². The minimum Gasteiger partial charge on any atom is -0.309 e. The van der Waals surface area contributed by atoms with Gasteiger partial charge in [-0.15, -0.1) is 0 Å². The van der Waals surface area contributed by atoms with Gasteiger partial charge in [0.05, 0.1) is 22.4 Å². The minimum atomic E-state index is -0.0471. The average Bonchev–Trinajstić information content (AvgIpc) is 3.79. The average molecular weight is 792 g/mol. The summed E-state index contributed by atoms with van der Waals surface area (Å²) in [5.74, 6) is 0.705. The molecule has 12 rings (SSSR count). The van der Waals surface area contributed by atoms with Crippen LogP contribution in [0.3, 0.4) is 0 Å². The minimum absolute atomic E-state index is 0.0471. The quantitative estimate of drug-likeness (QED) is 0.168. The zero-order valence-electron chi connectivity index (χ0n) is 34.5. The Morgan fingerprint density at radius 1 is 0.339 bits per heavy atom. The molecule has 0 N–H and O–H groups in total. The number of aromatic nitrogens is 3. The molecule has 0 bridgehead atoms. The highest BCUT2D eigenvalue weighted by Crippen LogP contribution is 2.49. The van der Waals surface area contributed by atoms with Crippen molar-refractivity contribution in [3.8, 4) is 73.0 Å². The first-order chi connectivity index (χ1) is 30.5. The third-order valence-electron chi connectivity index (χ3n) is 13.1. The number of rotatable bonds is 6. The Hall–Kier alpha value is -7.88. The van der Waals surface area contributed by atoms with Crippen LogP contribution < -0.4 is 0 Å². The molecular formula is C59H41N3. The van der Waals surface area contributed by atoms with Gasteiger partial charge in [0, 0.05) is 38.6 Å². The molecule has 0 saturated heterocycles. The van der Waals surface area contributed by atoms with Crippen molar-refractivity contribution in [3.05, 3.63) is 223 Å². The zero-order valence-corrected chi connectivity index (χ0v) is 34.5. The van der Waals surface area contributed by atoms with E-state index in [1.807, 2.05) is 18.2 Å². The lowest BCUT2D eigenvalue weighted by Gasteiger charge is -2.22. The molecule has 9 aromatic carbocycles. The van der Waals surface area contributed by atoms with Crippen LogP contribution in [0.2, 0.25) is 0 Å². The zero-order chi connectivity index (χ0) is 41.4. The highest BCUT2D eigenvalue weighted by molar-refractivity contribution is 6.09. The molecule has 0 atom stereocenters. The number of hydrogen-bond acceptors (Lipinski definition) is 2. The van der Waals surface area contributed by atoms with Gasteiger partial charge in [-0.25, -0.2) is 9.97 Å². The van der Waals surface area contributed by atoms with E-state index in [4.69, 9.17) is 9.97 Å². The summed E-state index contributed by atoms with van der Waals surface area (Å²) in [6.07, 6.45) is 0. The topological polar surface area (TPSA) is 30.7 Å². The molecule has 1 aliphatic carbocycles. The van der Waals surface area contributed by atoms with E-state index >= 15 is 0 Å². The third-order valence-corrected chi connectivity index (χ3v) is 13.1. The normalized spacial score (nSPS) is 12.8. The highest BCUT2D eigenvalue weighted by Gasteiger charge is 2.35. The molecule has 0 spiro atoms. The van der Waals surface area contributed by atoms with Crippen molar-refractivity contribution in [2.45, 2.75) is 19.3 Å². The van der Waals surface area contributed by atoms with Crippen LogP contribution in [-0.4, -0.2) is 14.5 Å². The number of benzene rings is 9. The van der Waals surface area contributed by atoms with E-state index in [9.17, 15) is 0 Å². The van der Waals surface area contributed by atoms with E-state index in [0.717, 1.165) is 39.2 Å². The van der Waals surface area contributed by atoms with Crippen LogP contribution in [0.1, 0.15) is 25.0 Å². The van der Waals surface area contributed by atoms with Crippen LogP contribution >= 0.6 is 0 Å². The Labute approximate surface area is 361 Å². The molecule has 62 heavy (non-hydrogen) atoms. The molecule has 0 fully saturated rings. The summed E-state index contributed by atoms with van der Waals surface area (Å²) in [6.45, 7) is 4.67. The summed E-state index contributed by atoms with van der Waals surface area (Å²) < 4.78 is 2.37. The van der Waals surface area contributed by atoms with E-state index in [2.05, 4.69) is 213 Å². The van der Waals surface area contributed by atoms with E-state index in [-0.39, 0.29) is 5.41 Å². The molecule has 0 amide bonds. The first-order valence-corrected chi connectivity index (χ1v) is 21.4. The lowest BCUT2D eigenvalue weighted by molar-refractivity contribution is 0.660. The molecule has 0 aliphatic heterocycles. The molecule has 3 heteroatoms. The van der Waals surface area contributed by atoms with Gasteiger partial charge in [0.2, 0.25) is 0 Å². The van der Waals surface area contributed by atoms with Crippen molar-refractivity contribution in [1.82, 2.24) is 14.5 Å². The Kier molecular flexibility index (Phi) is 8.20. The first-order valence-electron chi connectivity index (χ1n) is 21.4. The maximum atomic E-state index is 5.26. The van der Waals surface area contributed by atoms with Gasteiger partial charge >= 0.3 is 0 Å². The molecule has 1 aliphatic rings. The molecular weight excluding hydrogens is 751 g/mol. The fourth-order valence-electron chi connectivity index (χ4n) is 9.93. The standard InChI is InChI=1S/C59H41N3/c1-59(2)52-21-11-8-18-47(52)48-33-30-42(36-53(48)59)38-24-26-40(27-25-38)54-37-55(61-58(60-54)41-14-4-3-5-15-41)49-35-34-44(45-16-6-7-17-46(45)49)39-28-31-43(32-29-39)62-56-22-12-9-19-50(56)51-20-10-13-23-57(51)62/h3-37H,1-2H3. The Bertz CT molecular complexity index is 3470. The maximum Gasteiger partial charge on any atom is 0.160 e. The van der Waals surface area contributed by atoms with Gasteiger partial charge < -0.3 is 4.57 Å². The summed E-state index contributed by atoms with van der Waals surface area (Å²) in [4.78, 5) is 10.4. The summed E-state index contributed by atoms with van der Waals surface area (Å²) in [6, 6.07) is 76.6. The summed E-state index contributed by atoms with van der Waals surface area (Å²) >= 11 is 0. The first kappa shape index (κ1) is 36.0. The van der Waals surface area contributed by atoms with Gasteiger partial charge in [0.25, 0.3) is 0 Å². The molecule has 0 radical (unpaired) electrons. The number of fused-ring (bicyclic) bond motifs is 7. The van der Waals surface area contributed by atoms with E-state index in [1.165, 1.54) is 71.7 Å². The smallest absolute Gasteiger partial charge is 0.160 e. The summed E-state index contributed by atoms with van der Waals surface area (Å²) in [7, 11) is 0. The van der Waals surface area contributed by atoms with Crippen molar-refractivity contribution >= 4 is 32.6 Å². The van der Waals surface area contributed by atoms with Gasteiger partial charge in [0.1, 0.15) is 0 Å². The van der Waals surface area contributed by atoms with Crippen LogP contribution in [0.15, 0.2) is 212 Å². The van der Waals surface area contributed by atoms with Crippen molar-refractivity contribution in [2.75, 3.05) is 0 Å². The Morgan fingerprint density at radius 2 is 0.855 bits per heavy atom. The fraction of sp³-hybridized carbons (Fsp3) is 0.0508. The largest absolute Gasteiger partial charge is 0.309 e. The number of hydrogen-bond donors (Lipinski definition) is 0. The van der Waals surface area contributed by atoms with Crippen molar-refractivity contribution in [2.24, 2.45) is 0 Å². The van der Waals surface area contributed by atoms with Crippen LogP contribution in [-0.2, 0) is 5.41 Å². The monoisotopic (exact) mass is 791 g/mol. The van der Waals surface area contributed by atoms with Gasteiger partial charge in [0.15, 0.2) is 5.82 Å². The molecule has 11 aromatic rings. The van der Waals surface area contributed by atoms with E-state index in [0.29, 0.717) is 5.82 Å². The van der Waals surface area contributed by atoms with Crippen LogP contribution in [0.25, 0.3) is 106 Å². The lowest BCUT2D eigenvalue weighted by atomic mass is 9.81. The fourth-order valence-corrected chi connectivity index (χ4v) is 9.93. The van der Waals surface area contributed by atoms with Crippen molar-refractivity contribution in [3.63, 3.8) is 0 Å². The third kappa shape index (κ3) is 5.73. The van der Waals surface area contributed by atoms with Crippen LogP contribution in [0, 0.1) is 0 Å². The maximum absolute atomic E-state index is 5.26. The summed E-state index contributed by atoms with van der Waals surface area (Å²) in [5.41, 5.74) is 18.6. The van der Waals surface area contributed by atoms with Gasteiger partial charge in [-0.05, 0) is 91.7 Å². The second-order valence-electron chi connectivity index (χ2n) is 17.0. The predicted molar refractivity (Wildman–Crippen MR) is 259 cm³/mol. The lowest BCUT2D eigenvalue weighted by Crippen LogP contribution is -2.14. The van der Waals surface area contributed by atoms with E-state index < -0.39 is 0 Å². The second kappa shape index (κ2) is 14.1. The van der Waals surface area contributed by atoms with Gasteiger partial charge in [-0.2, -0.15) is 0 Å². The SMILES string of the molecule is CC1(C)c2ccccc2-c2ccc(-c3ccc(-c4cc(-c5ccc(-c6ccc(-n7c8ccccc8c8ccccc87)cc6)c6ccccc56)nc(-c5ccccc5)n4)cc3)cc21. The highest BCUT2D eigenvalue weighted by atomic mass is 15.0. The predicted octanol–water partition coefficient (Wildman–Crippen LogP) is 15.4. The number of nitrogens with zero attached hydrogens (tertiary/aromatic N) is 3. The second-order valence-corrected chi connectivity index (χ2v) is 17.0. The molecule has 3 nitrogen and oxygen atoms in total. The molecule has 0 unspecified atom stereocenters. The van der Waals surface area contributed by atoms with Crippen LogP contribution in [0.4, 0.5) is 0 Å². The molecule has 2 heterocycles. The molecule has 2 aromatic heterocycles. The Balaban J connectivity index is 0.924. The van der Waals surface area contributed by atoms with Crippen LogP contribution in [0.5, 0.6) is 0 Å². The summed E-state index contributed by atoms with van der Waals surface area (Å²) in [5, 5.41) is 4.86. The van der Waals surface area contributed by atoms with E-state index in [1.54, 1.807) is 0 Å². The van der Waals surface area contributed by atoms with Gasteiger partial charge in [-0.3, -0.25) is 0 Å². The van der Waals surface area contributed by atoms with Gasteiger partial charge in [-0.1, -0.05) is 190 Å². The molecule has 292 valence electrons. The van der Waals surface area contributed by atoms with Crippen molar-refractivity contribution in [1.29, 1.82) is 0 Å².